The van der Waals surface area contributed by atoms with Gasteiger partial charge in [0, 0.05) is 30.2 Å². The highest BCUT2D eigenvalue weighted by atomic mass is 19.4. The second-order valence-corrected chi connectivity index (χ2v) is 9.31. The lowest BCUT2D eigenvalue weighted by Gasteiger charge is -2.36. The Bertz CT molecular complexity index is 1600. The molecule has 0 bridgehead atoms. The van der Waals surface area contributed by atoms with Gasteiger partial charge in [-0.3, -0.25) is 9.48 Å². The van der Waals surface area contributed by atoms with Crippen molar-refractivity contribution in [3.8, 4) is 0 Å². The summed E-state index contributed by atoms with van der Waals surface area (Å²) in [5, 5.41) is 9.52. The van der Waals surface area contributed by atoms with Gasteiger partial charge in [0.2, 0.25) is 11.9 Å². The first-order valence-electron chi connectivity index (χ1n) is 12.5. The summed E-state index contributed by atoms with van der Waals surface area (Å²) in [4.78, 5) is 37.8. The number of fused-ring (bicyclic) bond motifs is 1. The zero-order chi connectivity index (χ0) is 29.1. The number of nitrogens with zero attached hydrogens (tertiary/aromatic N) is 6. The normalized spacial score (nSPS) is 13.1. The van der Waals surface area contributed by atoms with Gasteiger partial charge in [0.05, 0.1) is 23.6 Å². The van der Waals surface area contributed by atoms with Crippen molar-refractivity contribution >= 4 is 40.8 Å². The van der Waals surface area contributed by atoms with Gasteiger partial charge in [0.25, 0.3) is 0 Å². The van der Waals surface area contributed by atoms with Crippen LogP contribution >= 0.6 is 0 Å². The quantitative estimate of drug-likeness (QED) is 0.267. The number of alkyl halides is 3. The molecule has 0 radical (unpaired) electrons. The summed E-state index contributed by atoms with van der Waals surface area (Å²) in [5.74, 6) is -0.0401. The molecule has 2 aromatic carbocycles. The van der Waals surface area contributed by atoms with Crippen LogP contribution in [0.5, 0.6) is 0 Å². The van der Waals surface area contributed by atoms with Crippen LogP contribution < -0.4 is 15.5 Å². The molecule has 0 atom stereocenters. The smallest absolute Gasteiger partial charge is 0.322 e. The van der Waals surface area contributed by atoms with E-state index in [2.05, 4.69) is 32.3 Å². The van der Waals surface area contributed by atoms with Gasteiger partial charge in [-0.2, -0.15) is 23.3 Å². The SMILES string of the molecule is C=CC(=O)Nc1cccc(N2C(=O)N(Cc3ccccc3)Cc3cnc(Nc4cn(CC(F)(F)F)nc4C)nc32)c1. The Kier molecular flexibility index (Phi) is 7.42. The van der Waals surface area contributed by atoms with Crippen LogP contribution in [0.25, 0.3) is 0 Å². The van der Waals surface area contributed by atoms with Crippen molar-refractivity contribution in [2.75, 3.05) is 15.5 Å². The lowest BCUT2D eigenvalue weighted by molar-refractivity contribution is -0.142. The number of benzene rings is 2. The molecule has 1 aliphatic rings. The minimum Gasteiger partial charge on any atom is -0.322 e. The molecule has 13 heteroatoms. The number of aromatic nitrogens is 4. The minimum absolute atomic E-state index is 0.0730. The molecule has 0 saturated heterocycles. The first-order valence-corrected chi connectivity index (χ1v) is 12.5. The van der Waals surface area contributed by atoms with Crippen molar-refractivity contribution in [3.05, 3.63) is 96.5 Å². The fourth-order valence-corrected chi connectivity index (χ4v) is 4.37. The maximum atomic E-state index is 13.9. The van der Waals surface area contributed by atoms with Crippen LogP contribution in [0, 0.1) is 6.92 Å². The number of carbonyl (C=O) groups excluding carboxylic acids is 2. The van der Waals surface area contributed by atoms with E-state index >= 15 is 0 Å². The Hall–Kier alpha value is -5.20. The van der Waals surface area contributed by atoms with E-state index in [1.807, 2.05) is 30.3 Å². The summed E-state index contributed by atoms with van der Waals surface area (Å²) in [6.07, 6.45) is -0.493. The molecule has 0 aliphatic carbocycles. The number of hydrogen-bond acceptors (Lipinski definition) is 6. The summed E-state index contributed by atoms with van der Waals surface area (Å²) in [6.45, 7) is 4.35. The molecule has 0 saturated carbocycles. The third kappa shape index (κ3) is 6.35. The number of halogens is 3. The van der Waals surface area contributed by atoms with Gasteiger partial charge < -0.3 is 15.5 Å². The molecule has 3 heterocycles. The first-order chi connectivity index (χ1) is 19.6. The average Bonchev–Trinajstić information content (AvgIpc) is 3.26. The summed E-state index contributed by atoms with van der Waals surface area (Å²) in [5.41, 5.74) is 3.08. The van der Waals surface area contributed by atoms with Gasteiger partial charge in [-0.1, -0.05) is 43.0 Å². The van der Waals surface area contributed by atoms with Gasteiger partial charge in [-0.15, -0.1) is 0 Å². The van der Waals surface area contributed by atoms with Crippen LogP contribution in [0.2, 0.25) is 0 Å². The first kappa shape index (κ1) is 27.4. The molecule has 10 nitrogen and oxygen atoms in total. The summed E-state index contributed by atoms with van der Waals surface area (Å²) in [7, 11) is 0. The molecule has 41 heavy (non-hydrogen) atoms. The van der Waals surface area contributed by atoms with Crippen LogP contribution in [0.4, 0.5) is 46.8 Å². The molecular weight excluding hydrogens is 537 g/mol. The Labute approximate surface area is 233 Å². The molecule has 3 amide bonds. The van der Waals surface area contributed by atoms with E-state index in [1.54, 1.807) is 42.3 Å². The van der Waals surface area contributed by atoms with E-state index in [4.69, 9.17) is 0 Å². The zero-order valence-electron chi connectivity index (χ0n) is 21.9. The van der Waals surface area contributed by atoms with E-state index in [9.17, 15) is 22.8 Å². The maximum absolute atomic E-state index is 13.9. The van der Waals surface area contributed by atoms with Crippen molar-refractivity contribution in [2.45, 2.75) is 32.7 Å². The van der Waals surface area contributed by atoms with Gasteiger partial charge in [-0.05, 0) is 36.8 Å². The summed E-state index contributed by atoms with van der Waals surface area (Å²) >= 11 is 0. The van der Waals surface area contributed by atoms with Crippen LogP contribution in [0.15, 0.2) is 79.6 Å². The number of urea groups is 1. The standard InChI is InChI=1S/C28H25F3N8O2/c1-3-24(40)33-21-10-7-11-22(12-21)39-25-20(15-37(27(39)41)14-19-8-5-4-6-9-19)13-32-26(35-25)34-23-16-38(36-18(23)2)17-28(29,30)31/h3-13,16H,1,14-15,17H2,2H3,(H,33,40)(H,32,34,35). The molecule has 4 aromatic rings. The fourth-order valence-electron chi connectivity index (χ4n) is 4.37. The summed E-state index contributed by atoms with van der Waals surface area (Å²) in [6, 6.07) is 15.9. The zero-order valence-corrected chi connectivity index (χ0v) is 21.9. The lowest BCUT2D eigenvalue weighted by Crippen LogP contribution is -2.45. The molecule has 0 spiro atoms. The van der Waals surface area contributed by atoms with Crippen LogP contribution in [-0.2, 0) is 24.4 Å². The second kappa shape index (κ2) is 11.1. The minimum atomic E-state index is -4.43. The Morgan fingerprint density at radius 2 is 1.93 bits per heavy atom. The van der Waals surface area contributed by atoms with Crippen molar-refractivity contribution in [1.82, 2.24) is 24.6 Å². The number of hydrogen-bond donors (Lipinski definition) is 2. The van der Waals surface area contributed by atoms with Crippen LogP contribution in [0.1, 0.15) is 16.8 Å². The van der Waals surface area contributed by atoms with Crippen molar-refractivity contribution in [2.24, 2.45) is 0 Å². The Morgan fingerprint density at radius 3 is 2.66 bits per heavy atom. The molecule has 0 unspecified atom stereocenters. The molecule has 2 N–H and O–H groups in total. The van der Waals surface area contributed by atoms with Crippen LogP contribution in [-0.4, -0.2) is 42.8 Å². The van der Waals surface area contributed by atoms with Gasteiger partial charge in [0.15, 0.2) is 5.82 Å². The van der Waals surface area contributed by atoms with E-state index in [-0.39, 0.29) is 18.5 Å². The maximum Gasteiger partial charge on any atom is 0.408 e. The molecular formula is C28H25F3N8O2. The van der Waals surface area contributed by atoms with Crippen molar-refractivity contribution in [3.63, 3.8) is 0 Å². The molecule has 0 fully saturated rings. The van der Waals surface area contributed by atoms with E-state index in [0.717, 1.165) is 16.3 Å². The topological polar surface area (TPSA) is 108 Å². The largest absolute Gasteiger partial charge is 0.408 e. The highest BCUT2D eigenvalue weighted by Crippen LogP contribution is 2.36. The number of anilines is 5. The van der Waals surface area contributed by atoms with E-state index < -0.39 is 18.6 Å². The van der Waals surface area contributed by atoms with Gasteiger partial charge in [0.1, 0.15) is 6.54 Å². The number of nitrogens with one attached hydrogen (secondary N) is 2. The fraction of sp³-hybridized carbons (Fsp3) is 0.179. The Balaban J connectivity index is 1.51. The highest BCUT2D eigenvalue weighted by molar-refractivity contribution is 6.03. The molecule has 210 valence electrons. The monoisotopic (exact) mass is 562 g/mol. The third-order valence-corrected chi connectivity index (χ3v) is 6.18. The molecule has 1 aliphatic heterocycles. The lowest BCUT2D eigenvalue weighted by atomic mass is 10.1. The van der Waals surface area contributed by atoms with Crippen molar-refractivity contribution < 1.29 is 22.8 Å². The van der Waals surface area contributed by atoms with E-state index in [1.165, 1.54) is 11.1 Å². The van der Waals surface area contributed by atoms with E-state index in [0.29, 0.717) is 40.7 Å². The second-order valence-electron chi connectivity index (χ2n) is 9.31. The number of amides is 3. The average molecular weight is 563 g/mol. The van der Waals surface area contributed by atoms with Crippen molar-refractivity contribution in [1.29, 1.82) is 0 Å². The predicted molar refractivity (Wildman–Crippen MR) is 147 cm³/mol. The van der Waals surface area contributed by atoms with Gasteiger partial charge in [-0.25, -0.2) is 14.7 Å². The van der Waals surface area contributed by atoms with Gasteiger partial charge >= 0.3 is 12.2 Å². The molecule has 5 rings (SSSR count). The van der Waals surface area contributed by atoms with Crippen LogP contribution in [0.3, 0.4) is 0 Å². The Morgan fingerprint density at radius 1 is 1.15 bits per heavy atom. The molecule has 2 aromatic heterocycles. The highest BCUT2D eigenvalue weighted by Gasteiger charge is 2.34. The predicted octanol–water partition coefficient (Wildman–Crippen LogP) is 5.69. The number of rotatable bonds is 8. The third-order valence-electron chi connectivity index (χ3n) is 6.18. The number of carbonyl (C=O) groups is 2. The summed E-state index contributed by atoms with van der Waals surface area (Å²) < 4.78 is 39.3. The number of aryl methyl sites for hydroxylation is 1.